The number of nitrogens with zero attached hydrogens (tertiary/aromatic N) is 2. The summed E-state index contributed by atoms with van der Waals surface area (Å²) in [6.07, 6.45) is 5.55. The number of hydrogen-bond acceptors (Lipinski definition) is 6. The lowest BCUT2D eigenvalue weighted by molar-refractivity contribution is -0.146. The van der Waals surface area contributed by atoms with Gasteiger partial charge < -0.3 is 31.5 Å². The van der Waals surface area contributed by atoms with E-state index in [4.69, 9.17) is 5.73 Å². The molecule has 274 valence electrons. The Balaban J connectivity index is 1.95. The van der Waals surface area contributed by atoms with E-state index in [9.17, 15) is 24.0 Å². The molecule has 3 rings (SSSR count). The number of likely N-dealkylation sites (N-methyl/N-ethyl adjacent to an activating group) is 3. The minimum Gasteiger partial charge on any atom is -0.357 e. The predicted molar refractivity (Wildman–Crippen MR) is 201 cm³/mol. The van der Waals surface area contributed by atoms with Gasteiger partial charge >= 0.3 is 0 Å². The van der Waals surface area contributed by atoms with Crippen molar-refractivity contribution in [2.24, 2.45) is 5.73 Å². The van der Waals surface area contributed by atoms with Crippen LogP contribution in [-0.4, -0.2) is 90.7 Å². The molecule has 0 aliphatic heterocycles. The molecule has 3 aromatic rings. The maximum atomic E-state index is 14.6. The summed E-state index contributed by atoms with van der Waals surface area (Å²) in [5, 5.41) is 10.3. The standard InChI is InChI=1S/C40H54N6O5/c1-28(47)43-24-13-12-19-33(37(49)42-4)44-38(50)34(26-29-15-8-7-9-16-29)46(6)39(51)35(45(5)36(48)20-14-23-40(2,3)41)27-30-21-22-31-17-10-11-18-32(31)25-30/h7-11,14-18,20-22,25,33-35H,12-13,19,23-24,26-27,41H2,1-6H3,(H,42,49)(H,43,47)(H,44,50)/b20-14+/t33-,34+,35+/m0/s1. The third kappa shape index (κ3) is 13.0. The van der Waals surface area contributed by atoms with Crippen LogP contribution in [0.4, 0.5) is 0 Å². The molecule has 0 aliphatic rings. The molecule has 51 heavy (non-hydrogen) atoms. The van der Waals surface area contributed by atoms with Crippen LogP contribution < -0.4 is 21.7 Å². The molecule has 0 aromatic heterocycles. The Morgan fingerprint density at radius 2 is 1.45 bits per heavy atom. The highest BCUT2D eigenvalue weighted by atomic mass is 16.2. The Morgan fingerprint density at radius 3 is 2.10 bits per heavy atom. The second-order valence-corrected chi connectivity index (χ2v) is 13.8. The molecule has 0 aliphatic carbocycles. The second kappa shape index (κ2) is 19.4. The lowest BCUT2D eigenvalue weighted by atomic mass is 9.98. The number of carbonyl (C=O) groups excluding carboxylic acids is 5. The highest BCUT2D eigenvalue weighted by Gasteiger charge is 2.36. The molecule has 0 spiro atoms. The quantitative estimate of drug-likeness (QED) is 0.118. The van der Waals surface area contributed by atoms with Crippen molar-refractivity contribution in [3.63, 3.8) is 0 Å². The molecule has 0 heterocycles. The van der Waals surface area contributed by atoms with Crippen LogP contribution in [0.5, 0.6) is 0 Å². The molecule has 11 heteroatoms. The topological polar surface area (TPSA) is 154 Å². The molecular weight excluding hydrogens is 644 g/mol. The van der Waals surface area contributed by atoms with E-state index in [-0.39, 0.29) is 30.6 Å². The molecule has 0 unspecified atom stereocenters. The zero-order valence-electron chi connectivity index (χ0n) is 30.8. The van der Waals surface area contributed by atoms with E-state index in [0.717, 1.165) is 21.9 Å². The molecule has 0 saturated carbocycles. The average Bonchev–Trinajstić information content (AvgIpc) is 3.10. The molecule has 0 bridgehead atoms. The minimum absolute atomic E-state index is 0.135. The van der Waals surface area contributed by atoms with Gasteiger partial charge in [0.25, 0.3) is 0 Å². The number of benzene rings is 3. The van der Waals surface area contributed by atoms with Crippen LogP contribution in [0, 0.1) is 0 Å². The van der Waals surface area contributed by atoms with Gasteiger partial charge in [0.15, 0.2) is 0 Å². The van der Waals surface area contributed by atoms with Crippen LogP contribution in [-0.2, 0) is 36.8 Å². The number of amides is 5. The third-order valence-corrected chi connectivity index (χ3v) is 8.81. The van der Waals surface area contributed by atoms with Gasteiger partial charge in [-0.25, -0.2) is 0 Å². The lowest BCUT2D eigenvalue weighted by Crippen LogP contribution is -2.58. The monoisotopic (exact) mass is 698 g/mol. The van der Waals surface area contributed by atoms with E-state index in [0.29, 0.717) is 32.2 Å². The summed E-state index contributed by atoms with van der Waals surface area (Å²) in [5.41, 5.74) is 7.29. The Kier molecular flexibility index (Phi) is 15.4. The zero-order chi connectivity index (χ0) is 37.6. The first-order chi connectivity index (χ1) is 24.2. The zero-order valence-corrected chi connectivity index (χ0v) is 30.8. The summed E-state index contributed by atoms with van der Waals surface area (Å²) >= 11 is 0. The van der Waals surface area contributed by atoms with Crippen molar-refractivity contribution in [3.8, 4) is 0 Å². The smallest absolute Gasteiger partial charge is 0.246 e. The molecule has 0 fully saturated rings. The van der Waals surface area contributed by atoms with Crippen LogP contribution >= 0.6 is 0 Å². The minimum atomic E-state index is -0.998. The van der Waals surface area contributed by atoms with Gasteiger partial charge in [-0.2, -0.15) is 0 Å². The van der Waals surface area contributed by atoms with Gasteiger partial charge in [0.05, 0.1) is 0 Å². The summed E-state index contributed by atoms with van der Waals surface area (Å²) in [4.78, 5) is 69.2. The van der Waals surface area contributed by atoms with E-state index < -0.39 is 35.5 Å². The fraction of sp³-hybridized carbons (Fsp3) is 0.425. The largest absolute Gasteiger partial charge is 0.357 e. The SMILES string of the molecule is CNC(=O)[C@H](CCCCNC(C)=O)NC(=O)[C@@H](Cc1ccccc1)N(C)C(=O)[C@@H](Cc1ccc2ccccc2c1)N(C)C(=O)/C=C/CC(C)(C)N. The van der Waals surface area contributed by atoms with Crippen molar-refractivity contribution < 1.29 is 24.0 Å². The van der Waals surface area contributed by atoms with Crippen LogP contribution in [0.2, 0.25) is 0 Å². The fourth-order valence-corrected chi connectivity index (χ4v) is 5.79. The summed E-state index contributed by atoms with van der Waals surface area (Å²) < 4.78 is 0. The van der Waals surface area contributed by atoms with Gasteiger partial charge in [-0.3, -0.25) is 24.0 Å². The van der Waals surface area contributed by atoms with Gasteiger partial charge in [0.2, 0.25) is 29.5 Å². The van der Waals surface area contributed by atoms with Crippen LogP contribution in [0.1, 0.15) is 57.6 Å². The van der Waals surface area contributed by atoms with Crippen LogP contribution in [0.3, 0.4) is 0 Å². The Labute approximate surface area is 302 Å². The molecule has 0 radical (unpaired) electrons. The van der Waals surface area contributed by atoms with Crippen molar-refractivity contribution in [3.05, 3.63) is 96.1 Å². The molecule has 3 aromatic carbocycles. The van der Waals surface area contributed by atoms with E-state index in [2.05, 4.69) is 16.0 Å². The Bertz CT molecular complexity index is 1670. The summed E-state index contributed by atoms with van der Waals surface area (Å²) in [6.45, 7) is 5.63. The number of rotatable bonds is 18. The Morgan fingerprint density at radius 1 is 0.804 bits per heavy atom. The third-order valence-electron chi connectivity index (χ3n) is 8.81. The van der Waals surface area contributed by atoms with E-state index in [1.165, 1.54) is 29.8 Å². The van der Waals surface area contributed by atoms with Crippen molar-refractivity contribution in [2.45, 2.75) is 83.0 Å². The van der Waals surface area contributed by atoms with Gasteiger partial charge in [0, 0.05) is 53.0 Å². The molecule has 0 saturated heterocycles. The number of unbranched alkanes of at least 4 members (excludes halogenated alkanes) is 1. The van der Waals surface area contributed by atoms with Gasteiger partial charge in [-0.1, -0.05) is 78.9 Å². The number of hydrogen-bond donors (Lipinski definition) is 4. The predicted octanol–water partition coefficient (Wildman–Crippen LogP) is 3.50. The second-order valence-electron chi connectivity index (χ2n) is 13.8. The first-order valence-corrected chi connectivity index (χ1v) is 17.5. The van der Waals surface area contributed by atoms with E-state index in [1.54, 1.807) is 20.2 Å². The summed E-state index contributed by atoms with van der Waals surface area (Å²) in [5.74, 6) is -1.77. The normalized spacial score (nSPS) is 13.2. The maximum Gasteiger partial charge on any atom is 0.246 e. The molecule has 5 N–H and O–H groups in total. The number of nitrogens with one attached hydrogen (secondary N) is 3. The van der Waals surface area contributed by atoms with Crippen molar-refractivity contribution in [2.75, 3.05) is 27.7 Å². The van der Waals surface area contributed by atoms with Crippen LogP contribution in [0.15, 0.2) is 84.9 Å². The number of nitrogens with two attached hydrogens (primary N) is 1. The molecule has 3 atom stereocenters. The van der Waals surface area contributed by atoms with E-state index >= 15 is 0 Å². The highest BCUT2D eigenvalue weighted by molar-refractivity contribution is 5.96. The maximum absolute atomic E-state index is 14.6. The average molecular weight is 699 g/mol. The summed E-state index contributed by atoms with van der Waals surface area (Å²) in [7, 11) is 4.66. The number of carbonyl (C=O) groups is 5. The summed E-state index contributed by atoms with van der Waals surface area (Å²) in [6, 6.07) is 20.4. The van der Waals surface area contributed by atoms with Gasteiger partial charge in [0.1, 0.15) is 18.1 Å². The van der Waals surface area contributed by atoms with E-state index in [1.807, 2.05) is 86.6 Å². The molecule has 11 nitrogen and oxygen atoms in total. The van der Waals surface area contributed by atoms with Crippen molar-refractivity contribution >= 4 is 40.3 Å². The van der Waals surface area contributed by atoms with Crippen molar-refractivity contribution in [1.82, 2.24) is 25.8 Å². The lowest BCUT2D eigenvalue weighted by Gasteiger charge is -2.35. The molecule has 5 amide bonds. The van der Waals surface area contributed by atoms with Crippen LogP contribution in [0.25, 0.3) is 10.8 Å². The number of fused-ring (bicyclic) bond motifs is 1. The first kappa shape index (κ1) is 40.4. The van der Waals surface area contributed by atoms with Gasteiger partial charge in [-0.15, -0.1) is 0 Å². The van der Waals surface area contributed by atoms with Crippen molar-refractivity contribution in [1.29, 1.82) is 0 Å². The fourth-order valence-electron chi connectivity index (χ4n) is 5.79. The highest BCUT2D eigenvalue weighted by Crippen LogP contribution is 2.20. The first-order valence-electron chi connectivity index (χ1n) is 17.5. The molecular formula is C40H54N6O5. The van der Waals surface area contributed by atoms with Gasteiger partial charge in [-0.05, 0) is 67.5 Å². The Hall–Kier alpha value is -5.03.